The number of aromatic nitrogens is 1. The number of β-amino-alcohol motifs (C(OH)–C–C–N with tert-alkyl or cyclic N) is 1. The third kappa shape index (κ3) is 4.04. The van der Waals surface area contributed by atoms with Crippen LogP contribution in [0.2, 0.25) is 0 Å². The number of anilines is 1. The molecule has 2 N–H and O–H groups in total. The zero-order valence-electron chi connectivity index (χ0n) is 17.3. The highest BCUT2D eigenvalue weighted by Gasteiger charge is 2.26. The predicted molar refractivity (Wildman–Crippen MR) is 116 cm³/mol. The standard InChI is InChI=1S/C23H29N3O3/c1-16-14-25(9-10-26(16)17-5-4-6-18(11-17)28-2)15-23(27)21-13-24-22-8-7-19(29-3)12-20(21)22/h4-8,11-13,16,23-24,27H,9-10,14-15H2,1-3H3. The van der Waals surface area contributed by atoms with Crippen LogP contribution in [0, 0.1) is 0 Å². The van der Waals surface area contributed by atoms with Gasteiger partial charge in [-0.3, -0.25) is 4.90 Å². The van der Waals surface area contributed by atoms with Gasteiger partial charge in [-0.05, 0) is 37.3 Å². The fraction of sp³-hybridized carbons (Fsp3) is 0.391. The van der Waals surface area contributed by atoms with Crippen LogP contribution in [0.3, 0.4) is 0 Å². The number of H-pyrrole nitrogens is 1. The number of nitrogens with zero attached hydrogens (tertiary/aromatic N) is 2. The van der Waals surface area contributed by atoms with Gasteiger partial charge < -0.3 is 24.5 Å². The molecule has 154 valence electrons. The summed E-state index contributed by atoms with van der Waals surface area (Å²) in [7, 11) is 3.36. The van der Waals surface area contributed by atoms with E-state index in [9.17, 15) is 5.11 Å². The van der Waals surface area contributed by atoms with Gasteiger partial charge in [0.1, 0.15) is 11.5 Å². The number of nitrogens with one attached hydrogen (secondary N) is 1. The van der Waals surface area contributed by atoms with Crippen LogP contribution in [0.1, 0.15) is 18.6 Å². The van der Waals surface area contributed by atoms with E-state index in [1.165, 1.54) is 5.69 Å². The number of fused-ring (bicyclic) bond motifs is 1. The largest absolute Gasteiger partial charge is 0.497 e. The Morgan fingerprint density at radius 1 is 1.10 bits per heavy atom. The summed E-state index contributed by atoms with van der Waals surface area (Å²) < 4.78 is 10.7. The molecule has 0 saturated carbocycles. The highest BCUT2D eigenvalue weighted by Crippen LogP contribution is 2.29. The Morgan fingerprint density at radius 2 is 1.90 bits per heavy atom. The van der Waals surface area contributed by atoms with E-state index in [1.54, 1.807) is 14.2 Å². The van der Waals surface area contributed by atoms with Crippen molar-refractivity contribution in [2.75, 3.05) is 45.3 Å². The maximum absolute atomic E-state index is 10.9. The van der Waals surface area contributed by atoms with Crippen LogP contribution >= 0.6 is 0 Å². The maximum atomic E-state index is 10.9. The van der Waals surface area contributed by atoms with Gasteiger partial charge in [0, 0.05) is 66.6 Å². The molecule has 0 amide bonds. The van der Waals surface area contributed by atoms with Crippen LogP contribution in [0.4, 0.5) is 5.69 Å². The molecule has 1 aromatic heterocycles. The normalized spacial score (nSPS) is 18.8. The monoisotopic (exact) mass is 395 g/mol. The number of hydrogen-bond donors (Lipinski definition) is 2. The molecule has 29 heavy (non-hydrogen) atoms. The topological polar surface area (TPSA) is 61.0 Å². The van der Waals surface area contributed by atoms with E-state index in [0.29, 0.717) is 12.6 Å². The Balaban J connectivity index is 1.43. The molecule has 2 atom stereocenters. The van der Waals surface area contributed by atoms with Crippen molar-refractivity contribution < 1.29 is 14.6 Å². The van der Waals surface area contributed by atoms with E-state index in [-0.39, 0.29) is 0 Å². The van der Waals surface area contributed by atoms with Gasteiger partial charge in [-0.1, -0.05) is 6.07 Å². The van der Waals surface area contributed by atoms with Gasteiger partial charge in [-0.2, -0.15) is 0 Å². The molecule has 1 aliphatic rings. The molecule has 3 aromatic rings. The Labute approximate surface area is 171 Å². The zero-order valence-corrected chi connectivity index (χ0v) is 17.3. The minimum absolute atomic E-state index is 0.353. The fourth-order valence-electron chi connectivity index (χ4n) is 4.24. The lowest BCUT2D eigenvalue weighted by Crippen LogP contribution is -2.52. The summed E-state index contributed by atoms with van der Waals surface area (Å²) in [4.78, 5) is 7.99. The molecular formula is C23H29N3O3. The van der Waals surface area contributed by atoms with Gasteiger partial charge in [0.25, 0.3) is 0 Å². The minimum Gasteiger partial charge on any atom is -0.497 e. The van der Waals surface area contributed by atoms with Crippen LogP contribution < -0.4 is 14.4 Å². The van der Waals surface area contributed by atoms with E-state index in [2.05, 4.69) is 33.8 Å². The molecule has 2 heterocycles. The molecule has 1 saturated heterocycles. The van der Waals surface area contributed by atoms with E-state index >= 15 is 0 Å². The molecule has 0 radical (unpaired) electrons. The first kappa shape index (κ1) is 19.6. The van der Waals surface area contributed by atoms with E-state index < -0.39 is 6.10 Å². The zero-order chi connectivity index (χ0) is 20.4. The Kier molecular flexibility index (Phi) is 5.65. The minimum atomic E-state index is -0.550. The first-order chi connectivity index (χ1) is 14.1. The van der Waals surface area contributed by atoms with Gasteiger partial charge in [0.2, 0.25) is 0 Å². The van der Waals surface area contributed by atoms with E-state index in [1.807, 2.05) is 36.5 Å². The maximum Gasteiger partial charge on any atom is 0.120 e. The van der Waals surface area contributed by atoms with E-state index in [4.69, 9.17) is 9.47 Å². The summed E-state index contributed by atoms with van der Waals surface area (Å²) in [6, 6.07) is 14.5. The first-order valence-corrected chi connectivity index (χ1v) is 10.0. The van der Waals surface area contributed by atoms with Crippen LogP contribution in [0.15, 0.2) is 48.7 Å². The fourth-order valence-corrected chi connectivity index (χ4v) is 4.24. The van der Waals surface area contributed by atoms with Crippen molar-refractivity contribution in [3.63, 3.8) is 0 Å². The van der Waals surface area contributed by atoms with Crippen LogP contribution in [-0.2, 0) is 0 Å². The molecule has 1 aliphatic heterocycles. The van der Waals surface area contributed by atoms with Crippen LogP contribution in [0.5, 0.6) is 11.5 Å². The van der Waals surface area contributed by atoms with Crippen molar-refractivity contribution in [3.05, 3.63) is 54.2 Å². The highest BCUT2D eigenvalue weighted by molar-refractivity contribution is 5.85. The van der Waals surface area contributed by atoms with Gasteiger partial charge in [-0.15, -0.1) is 0 Å². The molecular weight excluding hydrogens is 366 g/mol. The Morgan fingerprint density at radius 3 is 2.66 bits per heavy atom. The van der Waals surface area contributed by atoms with Gasteiger partial charge >= 0.3 is 0 Å². The third-order valence-corrected chi connectivity index (χ3v) is 5.81. The predicted octanol–water partition coefficient (Wildman–Crippen LogP) is 3.43. The summed E-state index contributed by atoms with van der Waals surface area (Å²) >= 11 is 0. The number of ether oxygens (including phenoxy) is 2. The number of benzene rings is 2. The van der Waals surface area contributed by atoms with E-state index in [0.717, 1.165) is 47.6 Å². The van der Waals surface area contributed by atoms with Crippen molar-refractivity contribution >= 4 is 16.6 Å². The summed E-state index contributed by atoms with van der Waals surface area (Å²) in [5, 5.41) is 11.9. The van der Waals surface area contributed by atoms with Crippen molar-refractivity contribution in [3.8, 4) is 11.5 Å². The molecule has 0 aliphatic carbocycles. The summed E-state index contributed by atoms with van der Waals surface area (Å²) in [5.74, 6) is 1.67. The smallest absolute Gasteiger partial charge is 0.120 e. The average Bonchev–Trinajstić information content (AvgIpc) is 3.17. The number of hydrogen-bond acceptors (Lipinski definition) is 5. The molecule has 4 rings (SSSR count). The van der Waals surface area contributed by atoms with Crippen molar-refractivity contribution in [1.29, 1.82) is 0 Å². The lowest BCUT2D eigenvalue weighted by Gasteiger charge is -2.42. The number of aliphatic hydroxyl groups excluding tert-OH is 1. The molecule has 6 nitrogen and oxygen atoms in total. The van der Waals surface area contributed by atoms with Gasteiger partial charge in [-0.25, -0.2) is 0 Å². The highest BCUT2D eigenvalue weighted by atomic mass is 16.5. The molecule has 2 unspecified atom stereocenters. The van der Waals surface area contributed by atoms with Gasteiger partial charge in [0.15, 0.2) is 0 Å². The lowest BCUT2D eigenvalue weighted by atomic mass is 10.1. The SMILES string of the molecule is COc1cccc(N2CCN(CC(O)c3c[nH]c4ccc(OC)cc34)CC2C)c1. The quantitative estimate of drug-likeness (QED) is 0.670. The number of aliphatic hydroxyl groups is 1. The Hall–Kier alpha value is -2.70. The first-order valence-electron chi connectivity index (χ1n) is 10.0. The number of methoxy groups -OCH3 is 2. The van der Waals surface area contributed by atoms with Crippen LogP contribution in [0.25, 0.3) is 10.9 Å². The molecule has 0 bridgehead atoms. The molecule has 2 aromatic carbocycles. The lowest BCUT2D eigenvalue weighted by molar-refractivity contribution is 0.103. The van der Waals surface area contributed by atoms with Gasteiger partial charge in [0.05, 0.1) is 20.3 Å². The summed E-state index contributed by atoms with van der Waals surface area (Å²) in [5.41, 5.74) is 3.11. The molecule has 6 heteroatoms. The van der Waals surface area contributed by atoms with Crippen molar-refractivity contribution in [2.24, 2.45) is 0 Å². The number of rotatable bonds is 6. The summed E-state index contributed by atoms with van der Waals surface area (Å²) in [6.07, 6.45) is 1.36. The number of piperazine rings is 1. The second-order valence-corrected chi connectivity index (χ2v) is 7.67. The van der Waals surface area contributed by atoms with Crippen molar-refractivity contribution in [2.45, 2.75) is 19.1 Å². The van der Waals surface area contributed by atoms with Crippen LogP contribution in [-0.4, -0.2) is 61.4 Å². The second-order valence-electron chi connectivity index (χ2n) is 7.67. The Bertz CT molecular complexity index is 971. The molecule has 1 fully saturated rings. The summed E-state index contributed by atoms with van der Waals surface area (Å²) in [6.45, 7) is 5.57. The third-order valence-electron chi connectivity index (χ3n) is 5.81. The number of aromatic amines is 1. The molecule has 0 spiro atoms. The van der Waals surface area contributed by atoms with Crippen molar-refractivity contribution in [1.82, 2.24) is 9.88 Å². The average molecular weight is 396 g/mol. The second kappa shape index (κ2) is 8.35.